The van der Waals surface area contributed by atoms with Crippen molar-refractivity contribution in [2.75, 3.05) is 0 Å². The highest BCUT2D eigenvalue weighted by Gasteiger charge is 2.39. The van der Waals surface area contributed by atoms with Gasteiger partial charge in [-0.1, -0.05) is 97.4 Å². The van der Waals surface area contributed by atoms with E-state index < -0.39 is 8.32 Å². The molecule has 0 fully saturated rings. The molecule has 0 aliphatic carbocycles. The van der Waals surface area contributed by atoms with Crippen molar-refractivity contribution in [3.63, 3.8) is 0 Å². The average Bonchev–Trinajstić information content (AvgIpc) is 2.73. The van der Waals surface area contributed by atoms with Crippen molar-refractivity contribution in [1.29, 1.82) is 0 Å². The summed E-state index contributed by atoms with van der Waals surface area (Å²) >= 11 is 3.65. The molecule has 0 bridgehead atoms. The van der Waals surface area contributed by atoms with Gasteiger partial charge in [-0.2, -0.15) is 0 Å². The summed E-state index contributed by atoms with van der Waals surface area (Å²) in [5, 5.41) is 0.149. The fourth-order valence-electron chi connectivity index (χ4n) is 3.24. The van der Waals surface area contributed by atoms with Crippen LogP contribution in [-0.2, 0) is 4.43 Å². The monoisotopic (exact) mass is 493 g/mol. The summed E-state index contributed by atoms with van der Waals surface area (Å²) < 4.78 is 7.76. The molecule has 0 saturated carbocycles. The molecule has 0 aliphatic heterocycles. The molecule has 31 heavy (non-hydrogen) atoms. The summed E-state index contributed by atoms with van der Waals surface area (Å²) in [4.78, 5) is 5.18. The van der Waals surface area contributed by atoms with Crippen LogP contribution in [0, 0.1) is 0 Å². The Labute approximate surface area is 196 Å². The molecule has 2 nitrogen and oxygen atoms in total. The Morgan fingerprint density at radius 1 is 0.871 bits per heavy atom. The van der Waals surface area contributed by atoms with E-state index in [-0.39, 0.29) is 11.1 Å². The van der Waals surface area contributed by atoms with Crippen LogP contribution in [-0.4, -0.2) is 14.0 Å². The first-order valence-corrected chi connectivity index (χ1v) is 14.5. The molecule has 3 aromatic rings. The molecule has 0 aliphatic rings. The molecule has 0 aromatic heterocycles. The minimum absolute atomic E-state index is 0.0510. The van der Waals surface area contributed by atoms with Crippen LogP contribution in [0.4, 0.5) is 5.69 Å². The highest BCUT2D eigenvalue weighted by molar-refractivity contribution is 9.10. The van der Waals surface area contributed by atoms with Gasteiger partial charge in [0.1, 0.15) is 0 Å². The zero-order chi connectivity index (χ0) is 22.6. The molecule has 0 heterocycles. The van der Waals surface area contributed by atoms with Gasteiger partial charge in [-0.15, -0.1) is 0 Å². The fourth-order valence-corrected chi connectivity index (χ4v) is 4.99. The van der Waals surface area contributed by atoms with E-state index in [1.807, 2.05) is 12.1 Å². The maximum atomic E-state index is 6.73. The van der Waals surface area contributed by atoms with E-state index in [1.165, 1.54) is 0 Å². The molecule has 0 saturated heterocycles. The third kappa shape index (κ3) is 5.82. The van der Waals surface area contributed by atoms with Crippen LogP contribution in [0.2, 0.25) is 18.1 Å². The summed E-state index contributed by atoms with van der Waals surface area (Å²) in [6.07, 6.45) is -0.0510. The third-order valence-corrected chi connectivity index (χ3v) is 11.1. The topological polar surface area (TPSA) is 21.6 Å². The molecule has 162 valence electrons. The van der Waals surface area contributed by atoms with Crippen molar-refractivity contribution in [2.24, 2.45) is 4.99 Å². The van der Waals surface area contributed by atoms with Gasteiger partial charge in [0, 0.05) is 21.2 Å². The summed E-state index contributed by atoms with van der Waals surface area (Å²) in [5.41, 5.74) is 5.20. The van der Waals surface area contributed by atoms with Crippen LogP contribution in [0.1, 0.15) is 50.5 Å². The number of benzene rings is 3. The normalized spacial score (nSPS) is 13.0. The Bertz CT molecular complexity index is 998. The SMILES string of the molecule is CC(O[Si](C)(C)C(C)(C)C)c1cc(Br)ccc1N=C(c1ccccc1)c1ccccc1. The van der Waals surface area contributed by atoms with Gasteiger partial charge in [-0.3, -0.25) is 0 Å². The van der Waals surface area contributed by atoms with Crippen LogP contribution in [0.5, 0.6) is 0 Å². The number of rotatable bonds is 6. The summed E-state index contributed by atoms with van der Waals surface area (Å²) in [7, 11) is -1.92. The van der Waals surface area contributed by atoms with Crippen molar-refractivity contribution in [2.45, 2.75) is 51.9 Å². The van der Waals surface area contributed by atoms with Crippen LogP contribution in [0.25, 0.3) is 0 Å². The molecule has 4 heteroatoms. The zero-order valence-electron chi connectivity index (χ0n) is 19.3. The van der Waals surface area contributed by atoms with Gasteiger partial charge >= 0.3 is 0 Å². The van der Waals surface area contributed by atoms with Gasteiger partial charge in [0.2, 0.25) is 0 Å². The van der Waals surface area contributed by atoms with Crippen molar-refractivity contribution >= 4 is 35.6 Å². The first kappa shape index (κ1) is 23.6. The van der Waals surface area contributed by atoms with Crippen molar-refractivity contribution in [3.8, 4) is 0 Å². The van der Waals surface area contributed by atoms with E-state index in [9.17, 15) is 0 Å². The highest BCUT2D eigenvalue weighted by atomic mass is 79.9. The van der Waals surface area contributed by atoms with Crippen molar-refractivity contribution in [3.05, 3.63) is 100 Å². The maximum absolute atomic E-state index is 6.73. The van der Waals surface area contributed by atoms with Crippen LogP contribution in [0.15, 0.2) is 88.3 Å². The minimum atomic E-state index is -1.92. The van der Waals surface area contributed by atoms with Crippen LogP contribution >= 0.6 is 15.9 Å². The first-order chi connectivity index (χ1) is 14.6. The quantitative estimate of drug-likeness (QED) is 0.248. The smallest absolute Gasteiger partial charge is 0.192 e. The predicted molar refractivity (Wildman–Crippen MR) is 139 cm³/mol. The number of aliphatic imine (C=N–C) groups is 1. The van der Waals surface area contributed by atoms with E-state index in [4.69, 9.17) is 9.42 Å². The van der Waals surface area contributed by atoms with E-state index in [0.29, 0.717) is 0 Å². The lowest BCUT2D eigenvalue weighted by molar-refractivity contribution is 0.203. The maximum Gasteiger partial charge on any atom is 0.192 e. The van der Waals surface area contributed by atoms with Gasteiger partial charge < -0.3 is 4.43 Å². The first-order valence-electron chi connectivity index (χ1n) is 10.8. The number of hydrogen-bond acceptors (Lipinski definition) is 2. The second kappa shape index (κ2) is 9.64. The molecule has 1 unspecified atom stereocenters. The highest BCUT2D eigenvalue weighted by Crippen LogP contribution is 2.41. The molecule has 0 spiro atoms. The average molecular weight is 495 g/mol. The minimum Gasteiger partial charge on any atom is -0.410 e. The Hall–Kier alpha value is -2.01. The van der Waals surface area contributed by atoms with Crippen molar-refractivity contribution < 1.29 is 4.43 Å². The van der Waals surface area contributed by atoms with Crippen LogP contribution < -0.4 is 0 Å². The Balaban J connectivity index is 2.10. The molecule has 0 radical (unpaired) electrons. The van der Waals surface area contributed by atoms with E-state index in [0.717, 1.165) is 32.6 Å². The summed E-state index contributed by atoms with van der Waals surface area (Å²) in [6, 6.07) is 27.0. The van der Waals surface area contributed by atoms with Gasteiger partial charge in [-0.05, 0) is 43.3 Å². The number of nitrogens with zero attached hydrogens (tertiary/aromatic N) is 1. The number of hydrogen-bond donors (Lipinski definition) is 0. The Kier molecular flexibility index (Phi) is 7.35. The second-order valence-corrected chi connectivity index (χ2v) is 15.1. The second-order valence-electron chi connectivity index (χ2n) is 9.42. The molecule has 0 N–H and O–H groups in total. The van der Waals surface area contributed by atoms with E-state index >= 15 is 0 Å². The molecule has 3 rings (SSSR count). The zero-order valence-corrected chi connectivity index (χ0v) is 21.9. The van der Waals surface area contributed by atoms with Crippen molar-refractivity contribution in [1.82, 2.24) is 0 Å². The largest absolute Gasteiger partial charge is 0.410 e. The lowest BCUT2D eigenvalue weighted by Crippen LogP contribution is -2.41. The summed E-state index contributed by atoms with van der Waals surface area (Å²) in [5.74, 6) is 0. The Morgan fingerprint density at radius 3 is 1.87 bits per heavy atom. The van der Waals surface area contributed by atoms with E-state index in [1.54, 1.807) is 0 Å². The van der Waals surface area contributed by atoms with Gasteiger partial charge in [0.05, 0.1) is 17.5 Å². The van der Waals surface area contributed by atoms with Gasteiger partial charge in [-0.25, -0.2) is 4.99 Å². The Morgan fingerprint density at radius 2 is 1.39 bits per heavy atom. The molecular formula is C27H32BrNOSi. The lowest BCUT2D eigenvalue weighted by Gasteiger charge is -2.38. The summed E-state index contributed by atoms with van der Waals surface area (Å²) in [6.45, 7) is 13.6. The predicted octanol–water partition coefficient (Wildman–Crippen LogP) is 8.70. The van der Waals surface area contributed by atoms with Gasteiger partial charge in [0.25, 0.3) is 0 Å². The standard InChI is InChI=1S/C27H32BrNOSi/c1-20(30-31(5,6)27(2,3)4)24-19-23(28)17-18-25(24)29-26(21-13-9-7-10-14-21)22-15-11-8-12-16-22/h7-20H,1-6H3. The van der Waals surface area contributed by atoms with Gasteiger partial charge in [0.15, 0.2) is 8.32 Å². The number of halogens is 1. The molecule has 1 atom stereocenters. The van der Waals surface area contributed by atoms with Crippen LogP contribution in [0.3, 0.4) is 0 Å². The third-order valence-electron chi connectivity index (χ3n) is 6.03. The molecule has 3 aromatic carbocycles. The fraction of sp³-hybridized carbons (Fsp3) is 0.296. The molecule has 0 amide bonds. The van der Waals surface area contributed by atoms with E-state index in [2.05, 4.69) is 123 Å². The lowest BCUT2D eigenvalue weighted by atomic mass is 10.0. The molecular weight excluding hydrogens is 462 g/mol.